The van der Waals surface area contributed by atoms with Crippen molar-refractivity contribution in [2.24, 2.45) is 11.8 Å². The summed E-state index contributed by atoms with van der Waals surface area (Å²) >= 11 is 0. The summed E-state index contributed by atoms with van der Waals surface area (Å²) in [6.07, 6.45) is 4.91. The average Bonchev–Trinajstić information content (AvgIpc) is 3.07. The Morgan fingerprint density at radius 1 is 1.35 bits per heavy atom. The van der Waals surface area contributed by atoms with Crippen molar-refractivity contribution in [1.82, 2.24) is 10.2 Å². The predicted molar refractivity (Wildman–Crippen MR) is 80.7 cm³/mol. The number of likely N-dealkylation sites (tertiary alicyclic amines) is 1. The summed E-state index contributed by atoms with van der Waals surface area (Å²) in [6.45, 7) is 10.8. The summed E-state index contributed by atoms with van der Waals surface area (Å²) in [6, 6.07) is 0.665. The molecule has 4 heteroatoms. The topological polar surface area (TPSA) is 41.6 Å². The van der Waals surface area contributed by atoms with Crippen LogP contribution in [0.4, 0.5) is 4.79 Å². The van der Waals surface area contributed by atoms with Gasteiger partial charge in [-0.05, 0) is 71.8 Å². The third-order valence-corrected chi connectivity index (χ3v) is 4.29. The minimum absolute atomic E-state index is 0.153. The molecule has 0 aromatic heterocycles. The minimum atomic E-state index is -0.392. The van der Waals surface area contributed by atoms with Crippen LogP contribution in [0.1, 0.15) is 53.4 Å². The quantitative estimate of drug-likeness (QED) is 0.842. The highest BCUT2D eigenvalue weighted by Crippen LogP contribution is 2.32. The van der Waals surface area contributed by atoms with Crippen LogP contribution in [0.5, 0.6) is 0 Å². The summed E-state index contributed by atoms with van der Waals surface area (Å²) in [5.74, 6) is 1.54. The Balaban J connectivity index is 1.63. The number of hydrogen-bond acceptors (Lipinski definition) is 3. The Bertz CT molecular complexity index is 334. The van der Waals surface area contributed by atoms with Crippen molar-refractivity contribution in [1.29, 1.82) is 0 Å². The number of nitrogens with zero attached hydrogens (tertiary/aromatic N) is 1. The Morgan fingerprint density at radius 3 is 2.65 bits per heavy atom. The third kappa shape index (κ3) is 4.97. The second-order valence-electron chi connectivity index (χ2n) is 7.45. The lowest BCUT2D eigenvalue weighted by molar-refractivity contribution is 0.0287. The van der Waals surface area contributed by atoms with Crippen LogP contribution in [0, 0.1) is 11.8 Å². The molecule has 0 aromatic rings. The van der Waals surface area contributed by atoms with Gasteiger partial charge in [0.05, 0.1) is 0 Å². The first kappa shape index (κ1) is 15.6. The van der Waals surface area contributed by atoms with Crippen LogP contribution in [0.15, 0.2) is 0 Å². The molecule has 1 aliphatic heterocycles. The molecule has 2 rings (SSSR count). The molecule has 2 fully saturated rings. The second kappa shape index (κ2) is 6.33. The van der Waals surface area contributed by atoms with Crippen molar-refractivity contribution in [3.63, 3.8) is 0 Å². The van der Waals surface area contributed by atoms with E-state index in [1.165, 1.54) is 12.8 Å². The lowest BCUT2D eigenvalue weighted by Gasteiger charge is -2.24. The third-order valence-electron chi connectivity index (χ3n) is 4.29. The Morgan fingerprint density at radius 2 is 2.05 bits per heavy atom. The Hall–Kier alpha value is -0.770. The smallest absolute Gasteiger partial charge is 0.410 e. The molecule has 1 saturated heterocycles. The van der Waals surface area contributed by atoms with Crippen LogP contribution in [-0.4, -0.2) is 42.3 Å². The normalized spacial score (nSPS) is 24.8. The molecular formula is C16H30N2O2. The van der Waals surface area contributed by atoms with E-state index in [2.05, 4.69) is 12.2 Å². The van der Waals surface area contributed by atoms with Crippen molar-refractivity contribution in [2.45, 2.75) is 65.0 Å². The van der Waals surface area contributed by atoms with Gasteiger partial charge in [-0.3, -0.25) is 0 Å². The maximum absolute atomic E-state index is 12.0. The molecule has 2 atom stereocenters. The van der Waals surface area contributed by atoms with Crippen LogP contribution < -0.4 is 5.32 Å². The maximum Gasteiger partial charge on any atom is 0.410 e. The molecule has 0 radical (unpaired) electrons. The fraction of sp³-hybridized carbons (Fsp3) is 0.938. The lowest BCUT2D eigenvalue weighted by atomic mass is 10.0. The second-order valence-corrected chi connectivity index (χ2v) is 7.45. The molecule has 20 heavy (non-hydrogen) atoms. The molecule has 1 heterocycles. The van der Waals surface area contributed by atoms with Gasteiger partial charge in [0, 0.05) is 19.1 Å². The molecule has 1 amide bonds. The summed E-state index contributed by atoms with van der Waals surface area (Å²) in [7, 11) is 0. The average molecular weight is 282 g/mol. The van der Waals surface area contributed by atoms with Gasteiger partial charge < -0.3 is 15.0 Å². The lowest BCUT2D eigenvalue weighted by Crippen LogP contribution is -2.35. The van der Waals surface area contributed by atoms with Gasteiger partial charge >= 0.3 is 6.09 Å². The zero-order chi connectivity index (χ0) is 14.8. The molecule has 2 unspecified atom stereocenters. The van der Waals surface area contributed by atoms with Crippen LogP contribution in [0.25, 0.3) is 0 Å². The minimum Gasteiger partial charge on any atom is -0.444 e. The van der Waals surface area contributed by atoms with Gasteiger partial charge in [-0.15, -0.1) is 0 Å². The van der Waals surface area contributed by atoms with Gasteiger partial charge in [0.2, 0.25) is 0 Å². The van der Waals surface area contributed by atoms with Gasteiger partial charge in [0.15, 0.2) is 0 Å². The summed E-state index contributed by atoms with van der Waals surface area (Å²) in [5.41, 5.74) is -0.392. The number of carbonyl (C=O) groups is 1. The monoisotopic (exact) mass is 282 g/mol. The summed E-state index contributed by atoms with van der Waals surface area (Å²) in [4.78, 5) is 13.8. The van der Waals surface area contributed by atoms with E-state index in [9.17, 15) is 4.79 Å². The zero-order valence-corrected chi connectivity index (χ0v) is 13.4. The first-order valence-corrected chi connectivity index (χ1v) is 8.06. The molecule has 116 valence electrons. The van der Waals surface area contributed by atoms with Crippen molar-refractivity contribution in [2.75, 3.05) is 19.6 Å². The van der Waals surface area contributed by atoms with Gasteiger partial charge in [-0.25, -0.2) is 4.79 Å². The van der Waals surface area contributed by atoms with Crippen molar-refractivity contribution < 1.29 is 9.53 Å². The van der Waals surface area contributed by atoms with E-state index in [0.29, 0.717) is 12.0 Å². The van der Waals surface area contributed by atoms with Gasteiger partial charge in [0.1, 0.15) is 5.60 Å². The largest absolute Gasteiger partial charge is 0.444 e. The fourth-order valence-corrected chi connectivity index (χ4v) is 2.84. The number of carbonyl (C=O) groups excluding carboxylic acids is 1. The van der Waals surface area contributed by atoms with E-state index < -0.39 is 5.60 Å². The molecule has 1 N–H and O–H groups in total. The Kier molecular flexibility index (Phi) is 4.95. The highest BCUT2D eigenvalue weighted by Gasteiger charge is 2.30. The van der Waals surface area contributed by atoms with E-state index in [4.69, 9.17) is 4.74 Å². The summed E-state index contributed by atoms with van der Waals surface area (Å²) in [5, 5.41) is 3.62. The van der Waals surface area contributed by atoms with Crippen molar-refractivity contribution in [3.05, 3.63) is 0 Å². The molecule has 0 aromatic carbocycles. The predicted octanol–water partition coefficient (Wildman–Crippen LogP) is 3.02. The molecule has 0 bridgehead atoms. The van der Waals surface area contributed by atoms with E-state index in [1.54, 1.807) is 0 Å². The van der Waals surface area contributed by atoms with Gasteiger partial charge in [-0.2, -0.15) is 0 Å². The number of ether oxygens (including phenoxy) is 1. The number of hydrogen-bond donors (Lipinski definition) is 1. The van der Waals surface area contributed by atoms with Crippen LogP contribution >= 0.6 is 0 Å². The standard InChI is InChI=1S/C16H30N2O2/c1-12(14-5-6-14)17-9-7-13-8-10-18(11-13)15(19)20-16(2,3)4/h12-14,17H,5-11H2,1-4H3. The van der Waals surface area contributed by atoms with E-state index in [-0.39, 0.29) is 6.09 Å². The summed E-state index contributed by atoms with van der Waals surface area (Å²) < 4.78 is 5.42. The Labute approximate surface area is 123 Å². The number of amides is 1. The van der Waals surface area contributed by atoms with Crippen molar-refractivity contribution >= 4 is 6.09 Å². The fourth-order valence-electron chi connectivity index (χ4n) is 2.84. The highest BCUT2D eigenvalue weighted by atomic mass is 16.6. The first-order valence-electron chi connectivity index (χ1n) is 8.06. The molecule has 4 nitrogen and oxygen atoms in total. The molecule has 1 aliphatic carbocycles. The number of nitrogens with one attached hydrogen (secondary N) is 1. The van der Waals surface area contributed by atoms with Crippen LogP contribution in [0.3, 0.4) is 0 Å². The van der Waals surface area contributed by atoms with Gasteiger partial charge in [-0.1, -0.05) is 0 Å². The zero-order valence-electron chi connectivity index (χ0n) is 13.4. The maximum atomic E-state index is 12.0. The molecule has 0 spiro atoms. The first-order chi connectivity index (χ1) is 9.35. The van der Waals surface area contributed by atoms with E-state index in [1.807, 2.05) is 25.7 Å². The van der Waals surface area contributed by atoms with E-state index >= 15 is 0 Å². The molecule has 1 saturated carbocycles. The SMILES string of the molecule is CC(NCCC1CCN(C(=O)OC(C)(C)C)C1)C1CC1. The highest BCUT2D eigenvalue weighted by molar-refractivity contribution is 5.68. The number of rotatable bonds is 5. The van der Waals surface area contributed by atoms with Crippen LogP contribution in [0.2, 0.25) is 0 Å². The molecule has 2 aliphatic rings. The van der Waals surface area contributed by atoms with Crippen LogP contribution in [-0.2, 0) is 4.74 Å². The molecular weight excluding hydrogens is 252 g/mol. The van der Waals surface area contributed by atoms with E-state index in [0.717, 1.165) is 38.4 Å². The van der Waals surface area contributed by atoms with Crippen molar-refractivity contribution in [3.8, 4) is 0 Å². The van der Waals surface area contributed by atoms with Gasteiger partial charge in [0.25, 0.3) is 0 Å².